The van der Waals surface area contributed by atoms with Gasteiger partial charge in [-0.2, -0.15) is 0 Å². The van der Waals surface area contributed by atoms with Crippen LogP contribution in [0, 0.1) is 5.92 Å². The fraction of sp³-hybridized carbons (Fsp3) is 0.429. The Morgan fingerprint density at radius 2 is 2.20 bits per heavy atom. The number of rotatable bonds is 5. The molecule has 0 aromatic heterocycles. The molecule has 2 amide bonds. The average Bonchev–Trinajstić information content (AvgIpc) is 2.83. The van der Waals surface area contributed by atoms with E-state index in [1.54, 1.807) is 0 Å². The molecule has 1 aromatic carbocycles. The van der Waals surface area contributed by atoms with Crippen LogP contribution >= 0.6 is 11.8 Å². The molecular weight excluding hydrogens is 274 g/mol. The van der Waals surface area contributed by atoms with E-state index in [9.17, 15) is 9.59 Å². The van der Waals surface area contributed by atoms with Crippen LogP contribution in [0.15, 0.2) is 30.3 Å². The van der Waals surface area contributed by atoms with E-state index in [0.717, 1.165) is 23.7 Å². The molecule has 6 heteroatoms. The Labute approximate surface area is 122 Å². The SMILES string of the molecule is N[C@@H](C[C@@H]1CCNC1=O)SC(=O)NCc1ccccc1. The lowest BCUT2D eigenvalue weighted by Gasteiger charge is -2.14. The standard InChI is InChI=1S/C14H19N3O2S/c15-12(8-11-6-7-16-13(11)18)20-14(19)17-9-10-4-2-1-3-5-10/h1-5,11-12H,6-9,15H2,(H,16,18)(H,17,19)/t11-,12+/m0/s1. The Kier molecular flexibility index (Phi) is 5.43. The second-order valence-electron chi connectivity index (χ2n) is 4.80. The molecule has 2 rings (SSSR count). The van der Waals surface area contributed by atoms with Gasteiger partial charge in [-0.25, -0.2) is 0 Å². The summed E-state index contributed by atoms with van der Waals surface area (Å²) in [6, 6.07) is 9.70. The third-order valence-electron chi connectivity index (χ3n) is 3.22. The van der Waals surface area contributed by atoms with Gasteiger partial charge in [0.1, 0.15) is 0 Å². The van der Waals surface area contributed by atoms with Gasteiger partial charge in [0.05, 0.1) is 5.37 Å². The maximum absolute atomic E-state index is 11.8. The Bertz CT molecular complexity index is 467. The average molecular weight is 293 g/mol. The number of nitrogens with two attached hydrogens (primary N) is 1. The van der Waals surface area contributed by atoms with Crippen LogP contribution in [-0.2, 0) is 11.3 Å². The number of carbonyl (C=O) groups is 2. The molecule has 1 aliphatic rings. The van der Waals surface area contributed by atoms with E-state index < -0.39 is 0 Å². The molecule has 0 aliphatic carbocycles. The molecule has 1 fully saturated rings. The summed E-state index contributed by atoms with van der Waals surface area (Å²) >= 11 is 1.06. The van der Waals surface area contributed by atoms with E-state index >= 15 is 0 Å². The Morgan fingerprint density at radius 1 is 1.45 bits per heavy atom. The molecular formula is C14H19N3O2S. The van der Waals surface area contributed by atoms with Crippen LogP contribution in [0.4, 0.5) is 4.79 Å². The minimum atomic E-state index is -0.348. The highest BCUT2D eigenvalue weighted by molar-refractivity contribution is 8.14. The second-order valence-corrected chi connectivity index (χ2v) is 6.01. The monoisotopic (exact) mass is 293 g/mol. The van der Waals surface area contributed by atoms with Gasteiger partial charge in [0, 0.05) is 19.0 Å². The minimum absolute atomic E-state index is 0.0470. The molecule has 1 aromatic rings. The molecule has 0 unspecified atom stereocenters. The van der Waals surface area contributed by atoms with E-state index in [-0.39, 0.29) is 22.4 Å². The highest BCUT2D eigenvalue weighted by Gasteiger charge is 2.26. The molecule has 1 saturated heterocycles. The zero-order valence-corrected chi connectivity index (χ0v) is 12.0. The van der Waals surface area contributed by atoms with Crippen molar-refractivity contribution in [3.05, 3.63) is 35.9 Å². The van der Waals surface area contributed by atoms with E-state index in [1.165, 1.54) is 0 Å². The van der Waals surface area contributed by atoms with Crippen molar-refractivity contribution < 1.29 is 9.59 Å². The topological polar surface area (TPSA) is 84.2 Å². The van der Waals surface area contributed by atoms with Crippen LogP contribution < -0.4 is 16.4 Å². The van der Waals surface area contributed by atoms with Crippen LogP contribution in [-0.4, -0.2) is 23.1 Å². The number of carbonyl (C=O) groups excluding carboxylic acids is 2. The van der Waals surface area contributed by atoms with Gasteiger partial charge in [-0.15, -0.1) is 0 Å². The summed E-state index contributed by atoms with van der Waals surface area (Å²) < 4.78 is 0. The number of hydrogen-bond acceptors (Lipinski definition) is 4. The molecule has 2 atom stereocenters. The van der Waals surface area contributed by atoms with Crippen LogP contribution in [0.25, 0.3) is 0 Å². The number of thioether (sulfide) groups is 1. The lowest BCUT2D eigenvalue weighted by atomic mass is 10.0. The van der Waals surface area contributed by atoms with Gasteiger partial charge < -0.3 is 16.4 Å². The van der Waals surface area contributed by atoms with Crippen molar-refractivity contribution in [2.75, 3.05) is 6.54 Å². The van der Waals surface area contributed by atoms with Crippen molar-refractivity contribution in [1.29, 1.82) is 0 Å². The Morgan fingerprint density at radius 3 is 2.85 bits per heavy atom. The van der Waals surface area contributed by atoms with Gasteiger partial charge in [0.25, 0.3) is 5.24 Å². The highest BCUT2D eigenvalue weighted by atomic mass is 32.2. The molecule has 108 valence electrons. The van der Waals surface area contributed by atoms with Gasteiger partial charge in [-0.1, -0.05) is 30.3 Å². The Balaban J connectivity index is 1.69. The normalized spacial score (nSPS) is 19.4. The van der Waals surface area contributed by atoms with Crippen molar-refractivity contribution >= 4 is 22.9 Å². The zero-order chi connectivity index (χ0) is 14.4. The second kappa shape index (κ2) is 7.31. The lowest BCUT2D eigenvalue weighted by molar-refractivity contribution is -0.122. The summed E-state index contributed by atoms with van der Waals surface area (Å²) in [6.45, 7) is 1.20. The largest absolute Gasteiger partial charge is 0.356 e. The van der Waals surface area contributed by atoms with Gasteiger partial charge in [0.15, 0.2) is 0 Å². The molecule has 0 radical (unpaired) electrons. The highest BCUT2D eigenvalue weighted by Crippen LogP contribution is 2.21. The van der Waals surface area contributed by atoms with Crippen LogP contribution in [0.2, 0.25) is 0 Å². The zero-order valence-electron chi connectivity index (χ0n) is 11.2. The first kappa shape index (κ1) is 14.9. The molecule has 20 heavy (non-hydrogen) atoms. The van der Waals surface area contributed by atoms with Gasteiger partial charge >= 0.3 is 0 Å². The van der Waals surface area contributed by atoms with Crippen molar-refractivity contribution in [3.8, 4) is 0 Å². The molecule has 0 spiro atoms. The number of nitrogens with one attached hydrogen (secondary N) is 2. The van der Waals surface area contributed by atoms with Gasteiger partial charge in [0.2, 0.25) is 5.91 Å². The predicted molar refractivity (Wildman–Crippen MR) is 80.0 cm³/mol. The fourth-order valence-corrected chi connectivity index (χ4v) is 2.91. The maximum Gasteiger partial charge on any atom is 0.280 e. The lowest BCUT2D eigenvalue weighted by Crippen LogP contribution is -2.29. The summed E-state index contributed by atoms with van der Waals surface area (Å²) in [5, 5.41) is 5.08. The van der Waals surface area contributed by atoms with Gasteiger partial charge in [-0.3, -0.25) is 9.59 Å². The quantitative estimate of drug-likeness (QED) is 0.717. The predicted octanol–water partition coefficient (Wildman–Crippen LogP) is 1.44. The fourth-order valence-electron chi connectivity index (χ4n) is 2.15. The van der Waals surface area contributed by atoms with Crippen LogP contribution in [0.3, 0.4) is 0 Å². The molecule has 0 bridgehead atoms. The summed E-state index contributed by atoms with van der Waals surface area (Å²) in [5.74, 6) is -0.00910. The smallest absolute Gasteiger partial charge is 0.280 e. The third kappa shape index (κ3) is 4.54. The molecule has 4 N–H and O–H groups in total. The summed E-state index contributed by atoms with van der Waals surface area (Å²) in [7, 11) is 0. The summed E-state index contributed by atoms with van der Waals surface area (Å²) in [5.41, 5.74) is 6.95. The number of amides is 2. The molecule has 1 aliphatic heterocycles. The van der Waals surface area contributed by atoms with E-state index in [1.807, 2.05) is 30.3 Å². The van der Waals surface area contributed by atoms with Gasteiger partial charge in [-0.05, 0) is 30.2 Å². The first-order chi connectivity index (χ1) is 9.65. The van der Waals surface area contributed by atoms with E-state index in [4.69, 9.17) is 5.73 Å². The Hall–Kier alpha value is -1.53. The molecule has 1 heterocycles. The van der Waals surface area contributed by atoms with E-state index in [2.05, 4.69) is 10.6 Å². The van der Waals surface area contributed by atoms with Crippen molar-refractivity contribution in [2.24, 2.45) is 11.7 Å². The van der Waals surface area contributed by atoms with Crippen molar-refractivity contribution in [2.45, 2.75) is 24.8 Å². The summed E-state index contributed by atoms with van der Waals surface area (Å²) in [4.78, 5) is 23.2. The van der Waals surface area contributed by atoms with Crippen LogP contribution in [0.5, 0.6) is 0 Å². The number of hydrogen-bond donors (Lipinski definition) is 3. The third-order valence-corrected chi connectivity index (χ3v) is 4.07. The molecule has 5 nitrogen and oxygen atoms in total. The minimum Gasteiger partial charge on any atom is -0.356 e. The maximum atomic E-state index is 11.8. The first-order valence-electron chi connectivity index (χ1n) is 6.67. The van der Waals surface area contributed by atoms with Crippen LogP contribution in [0.1, 0.15) is 18.4 Å². The van der Waals surface area contributed by atoms with Crippen molar-refractivity contribution in [1.82, 2.24) is 10.6 Å². The number of benzene rings is 1. The molecule has 0 saturated carbocycles. The van der Waals surface area contributed by atoms with E-state index in [0.29, 0.717) is 19.5 Å². The first-order valence-corrected chi connectivity index (χ1v) is 7.55. The van der Waals surface area contributed by atoms with Crippen molar-refractivity contribution in [3.63, 3.8) is 0 Å². The summed E-state index contributed by atoms with van der Waals surface area (Å²) in [6.07, 6.45) is 1.34.